The molecule has 1 aromatic carbocycles. The Hall–Kier alpha value is -1.26. The maximum absolute atomic E-state index is 9.73. The molecule has 0 aromatic heterocycles. The molecule has 1 aliphatic carbocycles. The SMILES string of the molecule is CC(NCC(O)C1CC1)c1ccc(O)cc1O. The van der Waals surface area contributed by atoms with E-state index in [9.17, 15) is 15.3 Å². The van der Waals surface area contributed by atoms with E-state index in [1.807, 2.05) is 6.92 Å². The summed E-state index contributed by atoms with van der Waals surface area (Å²) in [5, 5.41) is 31.8. The summed E-state index contributed by atoms with van der Waals surface area (Å²) in [7, 11) is 0. The maximum atomic E-state index is 9.73. The Bertz CT molecular complexity index is 390. The van der Waals surface area contributed by atoms with Gasteiger partial charge < -0.3 is 20.6 Å². The molecule has 0 saturated heterocycles. The first-order valence-electron chi connectivity index (χ1n) is 6.01. The molecule has 1 aliphatic rings. The normalized spacial score (nSPS) is 18.9. The first-order chi connectivity index (χ1) is 8.08. The van der Waals surface area contributed by atoms with Crippen molar-refractivity contribution >= 4 is 0 Å². The molecule has 1 aromatic rings. The lowest BCUT2D eigenvalue weighted by Crippen LogP contribution is -2.30. The highest BCUT2D eigenvalue weighted by molar-refractivity contribution is 5.40. The van der Waals surface area contributed by atoms with Crippen molar-refractivity contribution in [3.05, 3.63) is 23.8 Å². The van der Waals surface area contributed by atoms with Crippen LogP contribution in [0.4, 0.5) is 0 Å². The zero-order chi connectivity index (χ0) is 12.4. The van der Waals surface area contributed by atoms with Crippen molar-refractivity contribution in [3.63, 3.8) is 0 Å². The fraction of sp³-hybridized carbons (Fsp3) is 0.538. The Balaban J connectivity index is 1.91. The highest BCUT2D eigenvalue weighted by Crippen LogP contribution is 2.33. The third-order valence-electron chi connectivity index (χ3n) is 3.28. The van der Waals surface area contributed by atoms with Crippen LogP contribution < -0.4 is 5.32 Å². The number of benzene rings is 1. The summed E-state index contributed by atoms with van der Waals surface area (Å²) in [5.41, 5.74) is 0.728. The first-order valence-corrected chi connectivity index (χ1v) is 6.01. The van der Waals surface area contributed by atoms with E-state index in [4.69, 9.17) is 0 Å². The van der Waals surface area contributed by atoms with Crippen molar-refractivity contribution in [2.75, 3.05) is 6.54 Å². The van der Waals surface area contributed by atoms with Crippen LogP contribution in [0.25, 0.3) is 0 Å². The quantitative estimate of drug-likeness (QED) is 0.626. The van der Waals surface area contributed by atoms with Gasteiger partial charge in [-0.1, -0.05) is 6.07 Å². The lowest BCUT2D eigenvalue weighted by atomic mass is 10.1. The summed E-state index contributed by atoms with van der Waals surface area (Å²) < 4.78 is 0. The fourth-order valence-corrected chi connectivity index (χ4v) is 1.95. The van der Waals surface area contributed by atoms with Crippen LogP contribution in [0.15, 0.2) is 18.2 Å². The summed E-state index contributed by atoms with van der Waals surface area (Å²) in [4.78, 5) is 0. The molecule has 0 amide bonds. The Morgan fingerprint density at radius 3 is 2.65 bits per heavy atom. The zero-order valence-corrected chi connectivity index (χ0v) is 9.93. The molecule has 17 heavy (non-hydrogen) atoms. The summed E-state index contributed by atoms with van der Waals surface area (Å²) in [5.74, 6) is 0.575. The number of hydrogen-bond acceptors (Lipinski definition) is 4. The van der Waals surface area contributed by atoms with Gasteiger partial charge in [-0.2, -0.15) is 0 Å². The van der Waals surface area contributed by atoms with Crippen molar-refractivity contribution in [1.82, 2.24) is 5.32 Å². The topological polar surface area (TPSA) is 72.7 Å². The van der Waals surface area contributed by atoms with Crippen LogP contribution in [0.2, 0.25) is 0 Å². The number of rotatable bonds is 5. The number of phenolic OH excluding ortho intramolecular Hbond substituents is 2. The summed E-state index contributed by atoms with van der Waals surface area (Å²) in [6, 6.07) is 4.50. The van der Waals surface area contributed by atoms with Crippen molar-refractivity contribution in [2.45, 2.75) is 31.9 Å². The molecular weight excluding hydrogens is 218 g/mol. The van der Waals surface area contributed by atoms with E-state index >= 15 is 0 Å². The van der Waals surface area contributed by atoms with Crippen molar-refractivity contribution in [3.8, 4) is 11.5 Å². The van der Waals surface area contributed by atoms with E-state index in [0.29, 0.717) is 12.5 Å². The van der Waals surface area contributed by atoms with Crippen molar-refractivity contribution in [2.24, 2.45) is 5.92 Å². The second-order valence-corrected chi connectivity index (χ2v) is 4.78. The van der Waals surface area contributed by atoms with E-state index < -0.39 is 0 Å². The summed E-state index contributed by atoms with van der Waals surface area (Å²) in [6.07, 6.45) is 1.93. The Morgan fingerprint density at radius 1 is 1.35 bits per heavy atom. The molecule has 2 unspecified atom stereocenters. The minimum atomic E-state index is -0.295. The minimum absolute atomic E-state index is 0.0519. The minimum Gasteiger partial charge on any atom is -0.508 e. The molecule has 2 rings (SSSR count). The van der Waals surface area contributed by atoms with E-state index in [2.05, 4.69) is 5.32 Å². The van der Waals surface area contributed by atoms with Crippen LogP contribution in [0, 0.1) is 5.92 Å². The highest BCUT2D eigenvalue weighted by Gasteiger charge is 2.29. The maximum Gasteiger partial charge on any atom is 0.124 e. The predicted octanol–water partition coefficient (Wildman–Crippen LogP) is 1.52. The lowest BCUT2D eigenvalue weighted by Gasteiger charge is -2.18. The smallest absolute Gasteiger partial charge is 0.124 e. The van der Waals surface area contributed by atoms with Crippen LogP contribution in [0.5, 0.6) is 11.5 Å². The molecule has 4 nitrogen and oxygen atoms in total. The number of aliphatic hydroxyl groups is 1. The molecule has 94 valence electrons. The lowest BCUT2D eigenvalue weighted by molar-refractivity contribution is 0.145. The molecule has 2 atom stereocenters. The number of phenols is 2. The predicted molar refractivity (Wildman–Crippen MR) is 64.9 cm³/mol. The van der Waals surface area contributed by atoms with Gasteiger partial charge in [-0.15, -0.1) is 0 Å². The zero-order valence-electron chi connectivity index (χ0n) is 9.93. The van der Waals surface area contributed by atoms with Crippen LogP contribution in [0.1, 0.15) is 31.4 Å². The standard InChI is InChI=1S/C13H19NO3/c1-8(14-7-13(17)9-2-3-9)11-5-4-10(15)6-12(11)16/h4-6,8-9,13-17H,2-3,7H2,1H3. The van der Waals surface area contributed by atoms with Crippen LogP contribution >= 0.6 is 0 Å². The molecule has 1 fully saturated rings. The number of aromatic hydroxyl groups is 2. The second kappa shape index (κ2) is 4.94. The molecule has 4 N–H and O–H groups in total. The van der Waals surface area contributed by atoms with Gasteiger partial charge in [0, 0.05) is 24.2 Å². The van der Waals surface area contributed by atoms with Crippen molar-refractivity contribution in [1.29, 1.82) is 0 Å². The van der Waals surface area contributed by atoms with Gasteiger partial charge in [0.1, 0.15) is 11.5 Å². The fourth-order valence-electron chi connectivity index (χ4n) is 1.95. The van der Waals surface area contributed by atoms with Gasteiger partial charge in [-0.25, -0.2) is 0 Å². The van der Waals surface area contributed by atoms with Gasteiger partial charge in [0.25, 0.3) is 0 Å². The van der Waals surface area contributed by atoms with Gasteiger partial charge in [0.15, 0.2) is 0 Å². The third kappa shape index (κ3) is 3.11. The van der Waals surface area contributed by atoms with Gasteiger partial charge >= 0.3 is 0 Å². The van der Waals surface area contributed by atoms with E-state index in [1.54, 1.807) is 12.1 Å². The van der Waals surface area contributed by atoms with Gasteiger partial charge in [-0.3, -0.25) is 0 Å². The molecule has 0 spiro atoms. The average Bonchev–Trinajstić information content (AvgIpc) is 3.09. The number of aliphatic hydroxyl groups excluding tert-OH is 1. The molecule has 0 radical (unpaired) electrons. The van der Waals surface area contributed by atoms with E-state index in [-0.39, 0.29) is 23.6 Å². The second-order valence-electron chi connectivity index (χ2n) is 4.78. The van der Waals surface area contributed by atoms with Gasteiger partial charge in [-0.05, 0) is 31.7 Å². The summed E-state index contributed by atoms with van der Waals surface area (Å²) in [6.45, 7) is 2.46. The number of hydrogen-bond donors (Lipinski definition) is 4. The average molecular weight is 237 g/mol. The molecule has 1 saturated carbocycles. The van der Waals surface area contributed by atoms with Gasteiger partial charge in [0.05, 0.1) is 6.10 Å². The molecular formula is C13H19NO3. The summed E-state index contributed by atoms with van der Waals surface area (Å²) >= 11 is 0. The molecule has 0 heterocycles. The van der Waals surface area contributed by atoms with Gasteiger partial charge in [0.2, 0.25) is 0 Å². The number of nitrogens with one attached hydrogen (secondary N) is 1. The molecule has 0 bridgehead atoms. The van der Waals surface area contributed by atoms with Crippen LogP contribution in [0.3, 0.4) is 0 Å². The van der Waals surface area contributed by atoms with Crippen LogP contribution in [-0.4, -0.2) is 28.0 Å². The molecule has 0 aliphatic heterocycles. The van der Waals surface area contributed by atoms with E-state index in [1.165, 1.54) is 6.07 Å². The highest BCUT2D eigenvalue weighted by atomic mass is 16.3. The monoisotopic (exact) mass is 237 g/mol. The van der Waals surface area contributed by atoms with Crippen LogP contribution in [-0.2, 0) is 0 Å². The first kappa shape index (κ1) is 12.2. The Morgan fingerprint density at radius 2 is 2.06 bits per heavy atom. The van der Waals surface area contributed by atoms with Crippen molar-refractivity contribution < 1.29 is 15.3 Å². The Kier molecular flexibility index (Phi) is 3.54. The Labute approximate surface area is 101 Å². The largest absolute Gasteiger partial charge is 0.508 e. The molecule has 4 heteroatoms. The van der Waals surface area contributed by atoms with E-state index in [0.717, 1.165) is 18.4 Å². The third-order valence-corrected chi connectivity index (χ3v) is 3.28.